The highest BCUT2D eigenvalue weighted by Crippen LogP contribution is 2.44. The summed E-state index contributed by atoms with van der Waals surface area (Å²) in [5, 5.41) is 0. The molecule has 0 bridgehead atoms. The SMILES string of the molecule is CCCCOC[C@@]1(C(C)=O)O[C@H]2OC(C)(C)O[C@H]2C1OCCCC. The van der Waals surface area contributed by atoms with Gasteiger partial charge in [-0.25, -0.2) is 0 Å². The summed E-state index contributed by atoms with van der Waals surface area (Å²) in [5.74, 6) is -0.854. The second-order valence-electron chi connectivity index (χ2n) is 7.08. The molecule has 0 aromatic carbocycles. The number of hydrogen-bond donors (Lipinski definition) is 0. The molecule has 2 aliphatic rings. The summed E-state index contributed by atoms with van der Waals surface area (Å²) in [5.41, 5.74) is -1.16. The fraction of sp³-hybridized carbons (Fsp3) is 0.944. The van der Waals surface area contributed by atoms with Crippen LogP contribution in [0, 0.1) is 0 Å². The maximum atomic E-state index is 12.5. The summed E-state index contributed by atoms with van der Waals surface area (Å²) < 4.78 is 29.6. The Bertz CT molecular complexity index is 424. The summed E-state index contributed by atoms with van der Waals surface area (Å²) in [6, 6.07) is 0. The topological polar surface area (TPSA) is 63.2 Å². The zero-order valence-corrected chi connectivity index (χ0v) is 15.6. The van der Waals surface area contributed by atoms with Crippen LogP contribution in [0.1, 0.15) is 60.3 Å². The van der Waals surface area contributed by atoms with Crippen molar-refractivity contribution in [2.24, 2.45) is 0 Å². The van der Waals surface area contributed by atoms with Gasteiger partial charge in [0.1, 0.15) is 12.2 Å². The second kappa shape index (κ2) is 8.23. The predicted octanol–water partition coefficient (Wildman–Crippen LogP) is 2.82. The monoisotopic (exact) mass is 344 g/mol. The first kappa shape index (κ1) is 19.8. The first-order valence-corrected chi connectivity index (χ1v) is 9.10. The fourth-order valence-corrected chi connectivity index (χ4v) is 3.15. The lowest BCUT2D eigenvalue weighted by atomic mass is 9.91. The highest BCUT2D eigenvalue weighted by Gasteiger charge is 2.64. The summed E-state index contributed by atoms with van der Waals surface area (Å²) in [4.78, 5) is 12.5. The van der Waals surface area contributed by atoms with Gasteiger partial charge in [0.05, 0.1) is 6.61 Å². The molecule has 0 spiro atoms. The number of fused-ring (bicyclic) bond motifs is 1. The van der Waals surface area contributed by atoms with Gasteiger partial charge in [-0.1, -0.05) is 26.7 Å². The third-order valence-electron chi connectivity index (χ3n) is 4.52. The van der Waals surface area contributed by atoms with E-state index in [1.807, 2.05) is 13.8 Å². The first-order valence-electron chi connectivity index (χ1n) is 9.10. The van der Waals surface area contributed by atoms with Gasteiger partial charge in [-0.05, 0) is 33.6 Å². The number of unbranched alkanes of at least 4 members (excludes halogenated alkanes) is 2. The zero-order chi connectivity index (χ0) is 17.8. The largest absolute Gasteiger partial charge is 0.378 e. The Balaban J connectivity index is 2.15. The maximum Gasteiger partial charge on any atom is 0.191 e. The van der Waals surface area contributed by atoms with Gasteiger partial charge in [0.2, 0.25) is 0 Å². The molecule has 0 aromatic rings. The van der Waals surface area contributed by atoms with Gasteiger partial charge in [-0.3, -0.25) is 4.79 Å². The third kappa shape index (κ3) is 4.17. The van der Waals surface area contributed by atoms with Crippen LogP contribution in [-0.2, 0) is 28.5 Å². The van der Waals surface area contributed by atoms with Crippen molar-refractivity contribution in [1.82, 2.24) is 0 Å². The van der Waals surface area contributed by atoms with Gasteiger partial charge in [-0.15, -0.1) is 0 Å². The Morgan fingerprint density at radius 2 is 1.71 bits per heavy atom. The second-order valence-corrected chi connectivity index (χ2v) is 7.08. The number of carbonyl (C=O) groups excluding carboxylic acids is 1. The number of Topliss-reactive ketones (excluding diaryl/α,β-unsaturated/α-hetero) is 1. The Kier molecular flexibility index (Phi) is 6.79. The van der Waals surface area contributed by atoms with Gasteiger partial charge in [0.25, 0.3) is 0 Å². The van der Waals surface area contributed by atoms with Crippen LogP contribution >= 0.6 is 0 Å². The molecule has 6 heteroatoms. The summed E-state index contributed by atoms with van der Waals surface area (Å²) in [6.07, 6.45) is 2.38. The van der Waals surface area contributed by atoms with Crippen molar-refractivity contribution in [2.45, 2.75) is 90.2 Å². The molecule has 0 saturated carbocycles. The van der Waals surface area contributed by atoms with Gasteiger partial charge >= 0.3 is 0 Å². The molecule has 2 rings (SSSR count). The number of hydrogen-bond acceptors (Lipinski definition) is 6. The predicted molar refractivity (Wildman–Crippen MR) is 88.7 cm³/mol. The average Bonchev–Trinajstić information content (AvgIpc) is 2.94. The Hall–Kier alpha value is -0.530. The standard InChI is InChI=1S/C18H32O6/c1-6-8-10-20-12-18(13(3)19)15(21-11-9-7-2)14-16(24-18)23-17(4,5)22-14/h14-16H,6-12H2,1-5H3/t14-,15?,16+,18-/m0/s1. The molecule has 2 saturated heterocycles. The normalized spacial score (nSPS) is 34.5. The summed E-state index contributed by atoms with van der Waals surface area (Å²) in [6.45, 7) is 10.7. The van der Waals surface area contributed by atoms with Crippen molar-refractivity contribution in [3.05, 3.63) is 0 Å². The van der Waals surface area contributed by atoms with Crippen molar-refractivity contribution in [3.63, 3.8) is 0 Å². The van der Waals surface area contributed by atoms with E-state index in [1.54, 1.807) is 0 Å². The quantitative estimate of drug-likeness (QED) is 0.568. The molecule has 4 atom stereocenters. The molecule has 2 heterocycles. The molecule has 6 nitrogen and oxygen atoms in total. The third-order valence-corrected chi connectivity index (χ3v) is 4.52. The minimum absolute atomic E-state index is 0.111. The van der Waals surface area contributed by atoms with E-state index in [1.165, 1.54) is 6.92 Å². The molecular formula is C18H32O6. The van der Waals surface area contributed by atoms with E-state index >= 15 is 0 Å². The Labute approximate surface area is 145 Å². The zero-order valence-electron chi connectivity index (χ0n) is 15.6. The lowest BCUT2D eigenvalue weighted by Gasteiger charge is -2.34. The molecule has 140 valence electrons. The highest BCUT2D eigenvalue weighted by molar-refractivity contribution is 5.86. The molecule has 0 aromatic heterocycles. The van der Waals surface area contributed by atoms with E-state index in [-0.39, 0.29) is 12.4 Å². The van der Waals surface area contributed by atoms with Gasteiger partial charge in [0.15, 0.2) is 23.5 Å². The van der Waals surface area contributed by atoms with E-state index in [9.17, 15) is 4.79 Å². The molecule has 0 radical (unpaired) electrons. The number of rotatable bonds is 10. The van der Waals surface area contributed by atoms with Crippen molar-refractivity contribution in [2.75, 3.05) is 19.8 Å². The molecule has 0 N–H and O–H groups in total. The minimum atomic E-state index is -1.16. The van der Waals surface area contributed by atoms with Crippen LogP contribution in [0.15, 0.2) is 0 Å². The maximum absolute atomic E-state index is 12.5. The van der Waals surface area contributed by atoms with Gasteiger partial charge in [-0.2, -0.15) is 0 Å². The van der Waals surface area contributed by atoms with E-state index in [0.29, 0.717) is 13.2 Å². The van der Waals surface area contributed by atoms with Crippen molar-refractivity contribution in [3.8, 4) is 0 Å². The van der Waals surface area contributed by atoms with Crippen LogP contribution in [0.5, 0.6) is 0 Å². The van der Waals surface area contributed by atoms with E-state index < -0.39 is 29.9 Å². The Morgan fingerprint density at radius 3 is 2.33 bits per heavy atom. The molecule has 1 unspecified atom stereocenters. The number of carbonyl (C=O) groups is 1. The van der Waals surface area contributed by atoms with Crippen LogP contribution in [0.25, 0.3) is 0 Å². The van der Waals surface area contributed by atoms with Crippen molar-refractivity contribution < 1.29 is 28.5 Å². The highest BCUT2D eigenvalue weighted by atomic mass is 16.8. The summed E-state index contributed by atoms with van der Waals surface area (Å²) in [7, 11) is 0. The fourth-order valence-electron chi connectivity index (χ4n) is 3.15. The van der Waals surface area contributed by atoms with Crippen LogP contribution in [0.2, 0.25) is 0 Å². The van der Waals surface area contributed by atoms with E-state index in [2.05, 4.69) is 13.8 Å². The molecule has 24 heavy (non-hydrogen) atoms. The van der Waals surface area contributed by atoms with E-state index in [0.717, 1.165) is 25.7 Å². The first-order chi connectivity index (χ1) is 11.4. The summed E-state index contributed by atoms with van der Waals surface area (Å²) >= 11 is 0. The lowest BCUT2D eigenvalue weighted by molar-refractivity contribution is -0.247. The van der Waals surface area contributed by atoms with Crippen LogP contribution in [0.4, 0.5) is 0 Å². The molecule has 2 fully saturated rings. The average molecular weight is 344 g/mol. The molecule has 2 aliphatic heterocycles. The molecule has 0 amide bonds. The van der Waals surface area contributed by atoms with Gasteiger partial charge < -0.3 is 23.7 Å². The van der Waals surface area contributed by atoms with E-state index in [4.69, 9.17) is 23.7 Å². The van der Waals surface area contributed by atoms with Crippen molar-refractivity contribution in [1.29, 1.82) is 0 Å². The minimum Gasteiger partial charge on any atom is -0.378 e. The molecular weight excluding hydrogens is 312 g/mol. The van der Waals surface area contributed by atoms with Crippen LogP contribution in [-0.4, -0.2) is 55.5 Å². The smallest absolute Gasteiger partial charge is 0.191 e. The lowest BCUT2D eigenvalue weighted by Crippen LogP contribution is -2.55. The molecule has 0 aliphatic carbocycles. The van der Waals surface area contributed by atoms with Gasteiger partial charge in [0, 0.05) is 13.2 Å². The number of ketones is 1. The van der Waals surface area contributed by atoms with Crippen LogP contribution < -0.4 is 0 Å². The number of ether oxygens (including phenoxy) is 5. The van der Waals surface area contributed by atoms with Crippen molar-refractivity contribution >= 4 is 5.78 Å². The van der Waals surface area contributed by atoms with Crippen LogP contribution in [0.3, 0.4) is 0 Å². The Morgan fingerprint density at radius 1 is 1.04 bits per heavy atom.